The van der Waals surface area contributed by atoms with Crippen LogP contribution in [0.3, 0.4) is 0 Å². The molecule has 2 N–H and O–H groups in total. The Morgan fingerprint density at radius 1 is 1.00 bits per heavy atom. The van der Waals surface area contributed by atoms with Crippen LogP contribution < -0.4 is 5.32 Å². The molecule has 2 fully saturated rings. The van der Waals surface area contributed by atoms with Crippen LogP contribution in [0.2, 0.25) is 0 Å². The van der Waals surface area contributed by atoms with Gasteiger partial charge in [-0.25, -0.2) is 0 Å². The van der Waals surface area contributed by atoms with Crippen molar-refractivity contribution in [2.45, 2.75) is 58.0 Å². The number of hydrogen-bond donors (Lipinski definition) is 2. The summed E-state index contributed by atoms with van der Waals surface area (Å²) in [5.41, 5.74) is 0. The van der Waals surface area contributed by atoms with Gasteiger partial charge in [-0.3, -0.25) is 0 Å². The third-order valence-corrected chi connectivity index (χ3v) is 4.42. The van der Waals surface area contributed by atoms with Gasteiger partial charge in [-0.05, 0) is 62.9 Å². The number of rotatable bonds is 4. The van der Waals surface area contributed by atoms with E-state index in [0.717, 1.165) is 37.1 Å². The van der Waals surface area contributed by atoms with Crippen LogP contribution in [0.1, 0.15) is 51.9 Å². The Labute approximate surface area is 99.8 Å². The first-order chi connectivity index (χ1) is 7.74. The number of nitrogens with one attached hydrogen (secondary N) is 1. The van der Waals surface area contributed by atoms with E-state index in [1.54, 1.807) is 0 Å². The second-order valence-electron chi connectivity index (χ2n) is 6.13. The van der Waals surface area contributed by atoms with Gasteiger partial charge in [0.15, 0.2) is 0 Å². The Bertz CT molecular complexity index is 207. The molecular formula is C14H27NO. The highest BCUT2D eigenvalue weighted by Gasteiger charge is 2.23. The van der Waals surface area contributed by atoms with E-state index < -0.39 is 0 Å². The average molecular weight is 225 g/mol. The molecule has 0 bridgehead atoms. The Balaban J connectivity index is 1.57. The first-order valence-electron chi connectivity index (χ1n) is 7.13. The van der Waals surface area contributed by atoms with Gasteiger partial charge in [0.25, 0.3) is 0 Å². The zero-order valence-electron chi connectivity index (χ0n) is 10.6. The molecule has 0 amide bonds. The van der Waals surface area contributed by atoms with E-state index in [2.05, 4.69) is 12.2 Å². The van der Waals surface area contributed by atoms with Gasteiger partial charge in [-0.15, -0.1) is 0 Å². The molecule has 2 heteroatoms. The fourth-order valence-electron chi connectivity index (χ4n) is 3.47. The van der Waals surface area contributed by atoms with E-state index in [1.807, 2.05) is 0 Å². The van der Waals surface area contributed by atoms with Crippen molar-refractivity contribution in [1.29, 1.82) is 0 Å². The fourth-order valence-corrected chi connectivity index (χ4v) is 3.47. The molecule has 2 rings (SSSR count). The summed E-state index contributed by atoms with van der Waals surface area (Å²) in [7, 11) is 0. The normalized spacial score (nSPS) is 40.1. The van der Waals surface area contributed by atoms with Crippen LogP contribution in [0.4, 0.5) is 0 Å². The van der Waals surface area contributed by atoms with E-state index in [9.17, 15) is 5.11 Å². The van der Waals surface area contributed by atoms with Crippen molar-refractivity contribution in [3.63, 3.8) is 0 Å². The Kier molecular flexibility index (Phi) is 4.66. The molecule has 4 unspecified atom stereocenters. The standard InChI is InChI=1S/C14H27NO/c1-11-3-2-4-12(7-11)9-15-10-13-5-6-14(16)8-13/h11-16H,2-10H2,1H3. The molecule has 0 heterocycles. The van der Waals surface area contributed by atoms with E-state index in [4.69, 9.17) is 0 Å². The van der Waals surface area contributed by atoms with Crippen LogP contribution in [-0.4, -0.2) is 24.3 Å². The predicted molar refractivity (Wildman–Crippen MR) is 67.3 cm³/mol. The Hall–Kier alpha value is -0.0800. The highest BCUT2D eigenvalue weighted by molar-refractivity contribution is 4.78. The van der Waals surface area contributed by atoms with Crippen molar-refractivity contribution in [1.82, 2.24) is 5.32 Å². The minimum atomic E-state index is -0.0125. The Morgan fingerprint density at radius 3 is 2.38 bits per heavy atom. The van der Waals surface area contributed by atoms with Gasteiger partial charge in [-0.2, -0.15) is 0 Å². The third-order valence-electron chi connectivity index (χ3n) is 4.42. The number of aliphatic hydroxyl groups excluding tert-OH is 1. The van der Waals surface area contributed by atoms with Crippen molar-refractivity contribution in [2.24, 2.45) is 17.8 Å². The zero-order valence-corrected chi connectivity index (χ0v) is 10.6. The molecule has 0 aromatic carbocycles. The molecule has 16 heavy (non-hydrogen) atoms. The van der Waals surface area contributed by atoms with Crippen molar-refractivity contribution < 1.29 is 5.11 Å². The zero-order chi connectivity index (χ0) is 11.4. The number of hydrogen-bond acceptors (Lipinski definition) is 2. The highest BCUT2D eigenvalue weighted by atomic mass is 16.3. The summed E-state index contributed by atoms with van der Waals surface area (Å²) in [6.45, 7) is 4.72. The van der Waals surface area contributed by atoms with Gasteiger partial charge in [0.1, 0.15) is 0 Å². The summed E-state index contributed by atoms with van der Waals surface area (Å²) in [6.07, 6.45) is 8.95. The first-order valence-corrected chi connectivity index (χ1v) is 7.13. The van der Waals surface area contributed by atoms with E-state index >= 15 is 0 Å². The van der Waals surface area contributed by atoms with Crippen molar-refractivity contribution in [3.8, 4) is 0 Å². The van der Waals surface area contributed by atoms with E-state index in [1.165, 1.54) is 38.6 Å². The summed E-state index contributed by atoms with van der Waals surface area (Å²) >= 11 is 0. The summed E-state index contributed by atoms with van der Waals surface area (Å²) in [5.74, 6) is 2.58. The SMILES string of the molecule is CC1CCCC(CNCC2CCC(O)C2)C1. The molecule has 0 aromatic rings. The van der Waals surface area contributed by atoms with Gasteiger partial charge in [0.2, 0.25) is 0 Å². The highest BCUT2D eigenvalue weighted by Crippen LogP contribution is 2.28. The molecule has 2 aliphatic carbocycles. The molecule has 4 atom stereocenters. The van der Waals surface area contributed by atoms with Crippen LogP contribution in [0.5, 0.6) is 0 Å². The lowest BCUT2D eigenvalue weighted by Gasteiger charge is -2.27. The Morgan fingerprint density at radius 2 is 1.75 bits per heavy atom. The molecule has 0 aliphatic heterocycles. The molecule has 2 nitrogen and oxygen atoms in total. The minimum Gasteiger partial charge on any atom is -0.393 e. The van der Waals surface area contributed by atoms with Crippen LogP contribution in [-0.2, 0) is 0 Å². The maximum Gasteiger partial charge on any atom is 0.0543 e. The van der Waals surface area contributed by atoms with Crippen LogP contribution >= 0.6 is 0 Å². The monoisotopic (exact) mass is 225 g/mol. The van der Waals surface area contributed by atoms with Crippen LogP contribution in [0.15, 0.2) is 0 Å². The molecule has 0 saturated heterocycles. The van der Waals surface area contributed by atoms with E-state index in [0.29, 0.717) is 0 Å². The third kappa shape index (κ3) is 3.74. The molecule has 94 valence electrons. The lowest BCUT2D eigenvalue weighted by Crippen LogP contribution is -2.30. The van der Waals surface area contributed by atoms with Crippen molar-refractivity contribution in [2.75, 3.05) is 13.1 Å². The molecular weight excluding hydrogens is 198 g/mol. The number of aliphatic hydroxyl groups is 1. The molecule has 2 saturated carbocycles. The maximum atomic E-state index is 9.45. The maximum absolute atomic E-state index is 9.45. The largest absolute Gasteiger partial charge is 0.393 e. The minimum absolute atomic E-state index is 0.0125. The van der Waals surface area contributed by atoms with Gasteiger partial charge in [0, 0.05) is 0 Å². The summed E-state index contributed by atoms with van der Waals surface area (Å²) < 4.78 is 0. The second-order valence-corrected chi connectivity index (χ2v) is 6.13. The van der Waals surface area contributed by atoms with Crippen molar-refractivity contribution in [3.05, 3.63) is 0 Å². The van der Waals surface area contributed by atoms with Crippen LogP contribution in [0, 0.1) is 17.8 Å². The van der Waals surface area contributed by atoms with Crippen molar-refractivity contribution >= 4 is 0 Å². The topological polar surface area (TPSA) is 32.3 Å². The molecule has 0 radical (unpaired) electrons. The molecule has 2 aliphatic rings. The van der Waals surface area contributed by atoms with Gasteiger partial charge in [-0.1, -0.05) is 19.8 Å². The average Bonchev–Trinajstić information content (AvgIpc) is 2.64. The second kappa shape index (κ2) is 6.02. The quantitative estimate of drug-likeness (QED) is 0.770. The smallest absolute Gasteiger partial charge is 0.0543 e. The molecule has 0 aromatic heterocycles. The lowest BCUT2D eigenvalue weighted by molar-refractivity contribution is 0.177. The fraction of sp³-hybridized carbons (Fsp3) is 1.00. The van der Waals surface area contributed by atoms with Gasteiger partial charge >= 0.3 is 0 Å². The van der Waals surface area contributed by atoms with E-state index in [-0.39, 0.29) is 6.10 Å². The summed E-state index contributed by atoms with van der Waals surface area (Å²) in [5, 5.41) is 13.1. The molecule has 0 spiro atoms. The lowest BCUT2D eigenvalue weighted by atomic mass is 9.82. The first kappa shape index (κ1) is 12.4. The van der Waals surface area contributed by atoms with Gasteiger partial charge in [0.05, 0.1) is 6.10 Å². The van der Waals surface area contributed by atoms with Gasteiger partial charge < -0.3 is 10.4 Å². The van der Waals surface area contributed by atoms with Crippen LogP contribution in [0.25, 0.3) is 0 Å². The predicted octanol–water partition coefficient (Wildman–Crippen LogP) is 2.56. The summed E-state index contributed by atoms with van der Waals surface area (Å²) in [4.78, 5) is 0. The summed E-state index contributed by atoms with van der Waals surface area (Å²) in [6, 6.07) is 0.